The van der Waals surface area contributed by atoms with Crippen molar-refractivity contribution in [2.45, 2.75) is 107 Å². The molecule has 0 amide bonds. The summed E-state index contributed by atoms with van der Waals surface area (Å²) in [5.74, 6) is -8.27. The molecule has 4 rings (SSSR count). The van der Waals surface area contributed by atoms with Crippen molar-refractivity contribution in [3.05, 3.63) is 136 Å². The van der Waals surface area contributed by atoms with E-state index < -0.39 is 82.9 Å². The van der Waals surface area contributed by atoms with E-state index in [1.54, 1.807) is 30.3 Å². The number of carbonyl (C=O) groups excluding carboxylic acids is 6. The second-order valence-corrected chi connectivity index (χ2v) is 17.6. The van der Waals surface area contributed by atoms with Crippen molar-refractivity contribution < 1.29 is 56.9 Å². The zero-order valence-electron chi connectivity index (χ0n) is 36.7. The third kappa shape index (κ3) is 18.1. The number of carbonyl (C=O) groups is 6. The number of unbranched alkanes of at least 4 members (excludes halogenated alkanes) is 2. The van der Waals surface area contributed by atoms with Gasteiger partial charge >= 0.3 is 35.8 Å². The van der Waals surface area contributed by atoms with Crippen molar-refractivity contribution in [2.24, 2.45) is 11.5 Å². The molecule has 0 saturated heterocycles. The van der Waals surface area contributed by atoms with E-state index in [0.717, 1.165) is 53.6 Å². The molecular weight excluding hydrogens is 878 g/mol. The normalized spacial score (nSPS) is 12.8. The molecule has 0 aromatic heterocycles. The van der Waals surface area contributed by atoms with Gasteiger partial charge < -0.3 is 35.3 Å². The van der Waals surface area contributed by atoms with Crippen LogP contribution in [0.1, 0.15) is 96.5 Å². The third-order valence-corrected chi connectivity index (χ3v) is 12.0. The van der Waals surface area contributed by atoms with E-state index in [2.05, 4.69) is 0 Å². The molecule has 0 heterocycles. The number of hydrogen-bond donors (Lipinski definition) is 3. The number of rotatable bonds is 26. The van der Waals surface area contributed by atoms with E-state index in [4.69, 9.17) is 35.3 Å². The van der Waals surface area contributed by atoms with Gasteiger partial charge in [0.25, 0.3) is 5.54 Å². The summed E-state index contributed by atoms with van der Waals surface area (Å²) in [6, 6.07) is 27.2. The van der Waals surface area contributed by atoms with E-state index in [1.165, 1.54) is 29.6 Å². The molecule has 14 nitrogen and oxygen atoms in total. The lowest BCUT2D eigenvalue weighted by Crippen LogP contribution is -2.61. The Kier molecular flexibility index (Phi) is 21.6. The quantitative estimate of drug-likeness (QED) is 0.0138. The van der Waals surface area contributed by atoms with E-state index >= 15 is 4.39 Å². The van der Waals surface area contributed by atoms with Crippen molar-refractivity contribution in [3.63, 3.8) is 0 Å². The van der Waals surface area contributed by atoms with Crippen molar-refractivity contribution in [1.82, 2.24) is 5.48 Å². The van der Waals surface area contributed by atoms with Crippen LogP contribution in [0.5, 0.6) is 5.75 Å². The van der Waals surface area contributed by atoms with Crippen LogP contribution in [-0.2, 0) is 61.1 Å². The number of hydrogen-bond acceptors (Lipinski definition) is 16. The van der Waals surface area contributed by atoms with Crippen LogP contribution in [0.15, 0.2) is 97.1 Å². The maximum atomic E-state index is 15.3. The molecule has 2 unspecified atom stereocenters. The van der Waals surface area contributed by atoms with Gasteiger partial charge in [-0.05, 0) is 61.9 Å². The van der Waals surface area contributed by atoms with Crippen LogP contribution in [0.4, 0.5) is 4.39 Å². The molecular formula is C48H56FN3O11S2. The number of ether oxygens (including phenoxy) is 4. The highest BCUT2D eigenvalue weighted by Gasteiger charge is 2.54. The average molecular weight is 934 g/mol. The predicted octanol–water partition coefficient (Wildman–Crippen LogP) is 7.68. The molecule has 0 saturated carbocycles. The van der Waals surface area contributed by atoms with Crippen LogP contribution in [0, 0.1) is 19.7 Å². The predicted molar refractivity (Wildman–Crippen MR) is 245 cm³/mol. The number of nitrogens with two attached hydrogens (primary N) is 2. The minimum Gasteiger partial charge on any atom is -0.493 e. The zero-order chi connectivity index (χ0) is 47.2. The molecule has 4 aromatic carbocycles. The van der Waals surface area contributed by atoms with Gasteiger partial charge in [-0.15, -0.1) is 29.0 Å². The molecule has 65 heavy (non-hydrogen) atoms. The summed E-state index contributed by atoms with van der Waals surface area (Å²) in [4.78, 5) is 86.4. The summed E-state index contributed by atoms with van der Waals surface area (Å²) >= 11 is 2.72. The van der Waals surface area contributed by atoms with Gasteiger partial charge in [-0.2, -0.15) is 0 Å². The molecule has 0 aliphatic carbocycles. The highest BCUT2D eigenvalue weighted by molar-refractivity contribution is 7.99. The Balaban J connectivity index is 1.53. The van der Waals surface area contributed by atoms with Crippen LogP contribution >= 0.6 is 23.5 Å². The second-order valence-electron chi connectivity index (χ2n) is 15.2. The summed E-state index contributed by atoms with van der Waals surface area (Å²) in [5.41, 5.74) is 15.2. The topological polar surface area (TPSA) is 213 Å². The van der Waals surface area contributed by atoms with E-state index in [1.807, 2.05) is 74.8 Å². The number of esters is 5. The lowest BCUT2D eigenvalue weighted by Gasteiger charge is -2.28. The third-order valence-electron chi connectivity index (χ3n) is 9.68. The van der Waals surface area contributed by atoms with Crippen molar-refractivity contribution in [2.75, 3.05) is 6.61 Å². The molecule has 17 heteroatoms. The van der Waals surface area contributed by atoms with Gasteiger partial charge in [0.2, 0.25) is 0 Å². The second kappa shape index (κ2) is 27.0. The van der Waals surface area contributed by atoms with Crippen LogP contribution in [0.2, 0.25) is 0 Å². The molecule has 0 spiro atoms. The minimum atomic E-state index is -3.17. The summed E-state index contributed by atoms with van der Waals surface area (Å²) in [6.45, 7) is 5.79. The number of hydroxylamine groups is 1. The number of thioether (sulfide) groups is 2. The van der Waals surface area contributed by atoms with Gasteiger partial charge in [-0.3, -0.25) is 14.4 Å². The fraction of sp³-hybridized carbons (Fsp3) is 0.375. The molecule has 0 bridgehead atoms. The van der Waals surface area contributed by atoms with Gasteiger partial charge in [-0.25, -0.2) is 18.8 Å². The zero-order valence-corrected chi connectivity index (χ0v) is 38.4. The maximum Gasteiger partial charge on any atom is 0.359 e. The lowest BCUT2D eigenvalue weighted by molar-refractivity contribution is -0.183. The molecule has 0 aliphatic rings. The van der Waals surface area contributed by atoms with Crippen LogP contribution in [0.3, 0.4) is 0 Å². The van der Waals surface area contributed by atoms with Gasteiger partial charge in [0.1, 0.15) is 18.2 Å². The highest BCUT2D eigenvalue weighted by Crippen LogP contribution is 2.24. The average Bonchev–Trinajstić information content (AvgIpc) is 3.29. The Labute approximate surface area is 386 Å². The molecule has 0 fully saturated rings. The molecule has 0 aliphatic heterocycles. The molecule has 3 atom stereocenters. The first-order chi connectivity index (χ1) is 31.2. The summed E-state index contributed by atoms with van der Waals surface area (Å²) in [5, 5.41) is -1.10. The Bertz CT molecular complexity index is 2200. The number of benzene rings is 4. The summed E-state index contributed by atoms with van der Waals surface area (Å²) in [7, 11) is 0. The maximum absolute atomic E-state index is 15.3. The monoisotopic (exact) mass is 933 g/mol. The van der Waals surface area contributed by atoms with Gasteiger partial charge in [0, 0.05) is 30.4 Å². The number of aryl methyl sites for hydroxylation is 2. The van der Waals surface area contributed by atoms with E-state index in [-0.39, 0.29) is 25.0 Å². The Hall–Kier alpha value is -5.59. The first-order valence-corrected chi connectivity index (χ1v) is 23.2. The van der Waals surface area contributed by atoms with Crippen molar-refractivity contribution in [1.29, 1.82) is 0 Å². The van der Waals surface area contributed by atoms with Crippen LogP contribution in [0.25, 0.3) is 0 Å². The Morgan fingerprint density at radius 3 is 1.82 bits per heavy atom. The SMILES string of the molecule is CCCCCOc1ccc(C(=O)ON[C@@](CC(=O)OC(=O)CCC(N)SCc2ccc(C)cc2)(C(=O)OCc2ccccc2)C(=O)OC(=O)CCC(N)SCc2ccc(C)cc2)c(F)c1. The van der Waals surface area contributed by atoms with Gasteiger partial charge in [0.05, 0.1) is 29.3 Å². The summed E-state index contributed by atoms with van der Waals surface area (Å²) in [6.07, 6.45) is 0.567. The summed E-state index contributed by atoms with van der Waals surface area (Å²) < 4.78 is 36.4. The van der Waals surface area contributed by atoms with E-state index in [0.29, 0.717) is 23.7 Å². The Morgan fingerprint density at radius 1 is 0.692 bits per heavy atom. The van der Waals surface area contributed by atoms with Crippen LogP contribution in [-0.4, -0.2) is 58.7 Å². The number of halogens is 1. The van der Waals surface area contributed by atoms with Gasteiger partial charge in [-0.1, -0.05) is 110 Å². The van der Waals surface area contributed by atoms with Crippen molar-refractivity contribution in [3.8, 4) is 5.75 Å². The molecule has 0 radical (unpaired) electrons. The molecule has 348 valence electrons. The highest BCUT2D eigenvalue weighted by atomic mass is 32.2. The smallest absolute Gasteiger partial charge is 0.359 e. The molecule has 4 aromatic rings. The number of nitrogens with one attached hydrogen (secondary N) is 1. The fourth-order valence-corrected chi connectivity index (χ4v) is 7.58. The fourth-order valence-electron chi connectivity index (χ4n) is 5.81. The largest absolute Gasteiger partial charge is 0.493 e. The first kappa shape index (κ1) is 52.0. The lowest BCUT2D eigenvalue weighted by atomic mass is 9.96. The first-order valence-electron chi connectivity index (χ1n) is 21.1. The van der Waals surface area contributed by atoms with Crippen LogP contribution < -0.4 is 21.7 Å². The minimum absolute atomic E-state index is 0.0378. The van der Waals surface area contributed by atoms with Crippen molar-refractivity contribution >= 4 is 59.3 Å². The van der Waals surface area contributed by atoms with E-state index in [9.17, 15) is 28.8 Å². The Morgan fingerprint density at radius 2 is 1.26 bits per heavy atom. The molecule has 5 N–H and O–H groups in total. The standard InChI is InChI=1S/C48H56FN3O11S2/c1-4-5-9-26-59-37-20-21-38(39(49)27-37)45(56)63-52-48(46(57)60-29-34-10-7-6-8-11-34,47(58)62-43(54)25-23-41(51)65-31-36-18-14-33(3)15-19-36)28-44(55)61-42(53)24-22-40(50)64-30-35-16-12-32(2)13-17-35/h6-8,10-21,27,40-41,52H,4-5,9,22-26,28-31,50-51H2,1-3H3/t40?,41?,48-/m0/s1. The van der Waals surface area contributed by atoms with Gasteiger partial charge in [0.15, 0.2) is 0 Å².